The molecule has 0 saturated carbocycles. The molecule has 3 aliphatic heterocycles. The molecule has 0 radical (unpaired) electrons. The summed E-state index contributed by atoms with van der Waals surface area (Å²) in [4.78, 5) is 4.20. The fourth-order valence-electron chi connectivity index (χ4n) is 2.17. The molecule has 3 saturated heterocycles. The summed E-state index contributed by atoms with van der Waals surface area (Å²) in [7, 11) is 0. The van der Waals surface area contributed by atoms with Crippen LogP contribution in [-0.4, -0.2) is 31.6 Å². The van der Waals surface area contributed by atoms with E-state index in [9.17, 15) is 0 Å². The number of nitriles is 1. The Kier molecular flexibility index (Phi) is 2.23. The monoisotopic (exact) mass is 231 g/mol. The first-order valence-electron chi connectivity index (χ1n) is 5.59. The Morgan fingerprint density at radius 2 is 1.94 bits per heavy atom. The van der Waals surface area contributed by atoms with Crippen LogP contribution in [0.4, 0.5) is 0 Å². The first-order chi connectivity index (χ1) is 8.16. The van der Waals surface area contributed by atoms with E-state index in [2.05, 4.69) is 11.9 Å². The van der Waals surface area contributed by atoms with Crippen molar-refractivity contribution in [3.8, 4) is 6.07 Å². The molecule has 0 aromatic carbocycles. The number of rotatable bonds is 1. The van der Waals surface area contributed by atoms with Gasteiger partial charge < -0.3 is 14.0 Å². The third-order valence-corrected chi connectivity index (χ3v) is 3.20. The first kappa shape index (κ1) is 10.7. The second-order valence-corrected chi connectivity index (χ2v) is 4.95. The summed E-state index contributed by atoms with van der Waals surface area (Å²) in [6, 6.07) is 7.18. The number of aromatic nitrogens is 1. The van der Waals surface area contributed by atoms with E-state index >= 15 is 0 Å². The van der Waals surface area contributed by atoms with Gasteiger partial charge in [-0.25, -0.2) is 0 Å². The van der Waals surface area contributed by atoms with Crippen molar-refractivity contribution in [1.82, 2.24) is 4.98 Å². The van der Waals surface area contributed by atoms with Crippen molar-refractivity contribution in [1.29, 1.82) is 5.26 Å². The highest BCUT2D eigenvalue weighted by atomic mass is 16.8. The van der Waals surface area contributed by atoms with Gasteiger partial charge >= 0.3 is 6.75 Å². The summed E-state index contributed by atoms with van der Waals surface area (Å²) in [6.45, 7) is 1.93. The Bertz CT molecular complexity index is 475. The zero-order valence-electron chi connectivity index (χ0n) is 9.55. The molecular weight excluding hydrogens is 219 g/mol. The first-order valence-corrected chi connectivity index (χ1v) is 5.59. The number of hydrogen-bond acceptors (Lipinski definition) is 5. The molecule has 88 valence electrons. The fraction of sp³-hybridized carbons (Fsp3) is 0.455. The summed E-state index contributed by atoms with van der Waals surface area (Å²) in [5, 5.41) is 8.84. The molecule has 0 amide bonds. The molecule has 0 spiro atoms. The van der Waals surface area contributed by atoms with Gasteiger partial charge in [-0.3, -0.25) is 4.98 Å². The molecule has 1 aromatic heterocycles. The van der Waals surface area contributed by atoms with Crippen molar-refractivity contribution in [3.05, 3.63) is 23.9 Å². The van der Waals surface area contributed by atoms with Crippen molar-refractivity contribution < 1.29 is 14.0 Å². The summed E-state index contributed by atoms with van der Waals surface area (Å²) in [6.07, 6.45) is 0. The largest absolute Gasteiger partial charge is 0.539 e. The lowest BCUT2D eigenvalue weighted by Crippen LogP contribution is -2.69. The van der Waals surface area contributed by atoms with Gasteiger partial charge in [-0.15, -0.1) is 0 Å². The minimum Gasteiger partial charge on any atom is -0.539 e. The van der Waals surface area contributed by atoms with E-state index in [0.29, 0.717) is 31.1 Å². The van der Waals surface area contributed by atoms with Gasteiger partial charge in [-0.2, -0.15) is 5.26 Å². The zero-order valence-corrected chi connectivity index (χ0v) is 9.55. The van der Waals surface area contributed by atoms with Crippen molar-refractivity contribution in [2.75, 3.05) is 19.8 Å². The van der Waals surface area contributed by atoms with E-state index in [1.54, 1.807) is 18.2 Å². The van der Waals surface area contributed by atoms with Gasteiger partial charge in [0.05, 0.1) is 0 Å². The summed E-state index contributed by atoms with van der Waals surface area (Å²) >= 11 is 0. The molecular formula is C11H12BN2O3-. The van der Waals surface area contributed by atoms with Crippen LogP contribution in [0.15, 0.2) is 18.2 Å². The van der Waals surface area contributed by atoms with Gasteiger partial charge in [0.15, 0.2) is 0 Å². The van der Waals surface area contributed by atoms with E-state index < -0.39 is 6.75 Å². The molecule has 3 fully saturated rings. The second kappa shape index (κ2) is 3.54. The third kappa shape index (κ3) is 1.64. The van der Waals surface area contributed by atoms with Gasteiger partial charge in [0, 0.05) is 25.2 Å². The lowest BCUT2D eigenvalue weighted by Gasteiger charge is -2.57. The van der Waals surface area contributed by atoms with Gasteiger partial charge in [0.2, 0.25) is 0 Å². The topological polar surface area (TPSA) is 64.4 Å². The lowest BCUT2D eigenvalue weighted by atomic mass is 9.67. The maximum Gasteiger partial charge on any atom is 0.427 e. The van der Waals surface area contributed by atoms with E-state index in [0.717, 1.165) is 0 Å². The molecule has 17 heavy (non-hydrogen) atoms. The van der Waals surface area contributed by atoms with Crippen LogP contribution in [0, 0.1) is 16.7 Å². The van der Waals surface area contributed by atoms with Crippen molar-refractivity contribution in [3.63, 3.8) is 0 Å². The highest BCUT2D eigenvalue weighted by Gasteiger charge is 2.47. The minimum atomic E-state index is -1.94. The van der Waals surface area contributed by atoms with Crippen LogP contribution in [0.25, 0.3) is 0 Å². The maximum absolute atomic E-state index is 8.84. The Balaban J connectivity index is 1.96. The molecule has 0 aliphatic carbocycles. The molecule has 6 heteroatoms. The SMILES string of the molecule is CC12CO[B-](c3cccc(C#N)n3)(OC1)OC2. The number of pyridine rings is 1. The van der Waals surface area contributed by atoms with Crippen LogP contribution in [0.5, 0.6) is 0 Å². The Morgan fingerprint density at radius 1 is 1.29 bits per heavy atom. The van der Waals surface area contributed by atoms with Gasteiger partial charge in [-0.1, -0.05) is 19.1 Å². The van der Waals surface area contributed by atoms with E-state index in [1.807, 2.05) is 6.07 Å². The van der Waals surface area contributed by atoms with Crippen LogP contribution in [0.1, 0.15) is 12.6 Å². The van der Waals surface area contributed by atoms with Gasteiger partial charge in [-0.05, 0) is 11.7 Å². The highest BCUT2D eigenvalue weighted by molar-refractivity contribution is 6.74. The van der Waals surface area contributed by atoms with E-state index in [4.69, 9.17) is 19.2 Å². The minimum absolute atomic E-state index is 0.0592. The average molecular weight is 231 g/mol. The van der Waals surface area contributed by atoms with E-state index in [-0.39, 0.29) is 5.41 Å². The van der Waals surface area contributed by atoms with Gasteiger partial charge in [0.1, 0.15) is 11.8 Å². The van der Waals surface area contributed by atoms with Crippen molar-refractivity contribution in [2.45, 2.75) is 6.92 Å². The van der Waals surface area contributed by atoms with Crippen molar-refractivity contribution >= 4 is 12.3 Å². The molecule has 2 bridgehead atoms. The number of nitrogens with zero attached hydrogens (tertiary/aromatic N) is 2. The zero-order chi connectivity index (χ0) is 11.9. The van der Waals surface area contributed by atoms with Crippen LogP contribution in [0.3, 0.4) is 0 Å². The predicted molar refractivity (Wildman–Crippen MR) is 60.3 cm³/mol. The molecule has 0 unspecified atom stereocenters. The van der Waals surface area contributed by atoms with Gasteiger partial charge in [0.25, 0.3) is 0 Å². The molecule has 3 aliphatic rings. The quantitative estimate of drug-likeness (QED) is 0.645. The highest BCUT2D eigenvalue weighted by Crippen LogP contribution is 2.34. The Labute approximate surface area is 99.3 Å². The summed E-state index contributed by atoms with van der Waals surface area (Å²) in [5.74, 6) is 0. The maximum atomic E-state index is 8.84. The molecule has 1 aromatic rings. The molecule has 4 rings (SSSR count). The van der Waals surface area contributed by atoms with Crippen LogP contribution in [-0.2, 0) is 14.0 Å². The standard InChI is InChI=1S/C11H12BN2O3/c1-11-6-15-12(16-7-11,17-8-11)10-4-2-3-9(5-13)14-10/h2-4H,6-8H2,1H3/q-1. The average Bonchev–Trinajstić information content (AvgIpc) is 2.40. The molecule has 4 heterocycles. The second-order valence-electron chi connectivity index (χ2n) is 4.95. The summed E-state index contributed by atoms with van der Waals surface area (Å²) < 4.78 is 17.1. The van der Waals surface area contributed by atoms with Crippen molar-refractivity contribution in [2.24, 2.45) is 5.41 Å². The summed E-state index contributed by atoms with van der Waals surface area (Å²) in [5.41, 5.74) is 0.843. The lowest BCUT2D eigenvalue weighted by molar-refractivity contribution is -0.119. The Morgan fingerprint density at radius 3 is 2.53 bits per heavy atom. The van der Waals surface area contributed by atoms with E-state index in [1.165, 1.54) is 0 Å². The number of hydrogen-bond donors (Lipinski definition) is 0. The molecule has 0 atom stereocenters. The van der Waals surface area contributed by atoms with Crippen LogP contribution in [0.2, 0.25) is 0 Å². The molecule has 0 N–H and O–H groups in total. The number of fused-ring (bicyclic) bond motifs is 3. The third-order valence-electron chi connectivity index (χ3n) is 3.20. The van der Waals surface area contributed by atoms with Crippen LogP contribution >= 0.6 is 0 Å². The predicted octanol–water partition coefficient (Wildman–Crippen LogP) is 0.182. The van der Waals surface area contributed by atoms with Crippen LogP contribution < -0.4 is 5.59 Å². The smallest absolute Gasteiger partial charge is 0.427 e. The Hall–Kier alpha value is -1.42. The fourth-order valence-corrected chi connectivity index (χ4v) is 2.17. The normalized spacial score (nSPS) is 35.5. The molecule has 5 nitrogen and oxygen atoms in total.